The van der Waals surface area contributed by atoms with Crippen molar-refractivity contribution < 1.29 is 14.2 Å². The SMILES string of the molecule is COc1ccccc1OCCn1c(SCCOc2ccccc2)nc2ccccc21. The maximum atomic E-state index is 5.98. The van der Waals surface area contributed by atoms with Crippen LogP contribution in [0, 0.1) is 0 Å². The molecule has 0 saturated heterocycles. The van der Waals surface area contributed by atoms with E-state index in [1.165, 1.54) is 0 Å². The fraction of sp³-hybridized carbons (Fsp3) is 0.208. The maximum absolute atomic E-state index is 5.98. The van der Waals surface area contributed by atoms with Crippen LogP contribution in [0.1, 0.15) is 0 Å². The number of imidazole rings is 1. The summed E-state index contributed by atoms with van der Waals surface area (Å²) in [5.41, 5.74) is 2.09. The van der Waals surface area contributed by atoms with Gasteiger partial charge in [-0.1, -0.05) is 54.2 Å². The minimum Gasteiger partial charge on any atom is -0.493 e. The van der Waals surface area contributed by atoms with Gasteiger partial charge in [0, 0.05) is 5.75 Å². The van der Waals surface area contributed by atoms with E-state index in [9.17, 15) is 0 Å². The molecule has 1 aromatic heterocycles. The normalized spacial score (nSPS) is 10.8. The Hall–Kier alpha value is -3.12. The molecule has 154 valence electrons. The minimum atomic E-state index is 0.523. The molecule has 0 aliphatic carbocycles. The highest BCUT2D eigenvalue weighted by molar-refractivity contribution is 7.99. The molecule has 0 N–H and O–H groups in total. The molecule has 5 nitrogen and oxygen atoms in total. The second-order valence-corrected chi connectivity index (χ2v) is 7.61. The maximum Gasteiger partial charge on any atom is 0.169 e. The zero-order valence-corrected chi connectivity index (χ0v) is 17.7. The summed E-state index contributed by atoms with van der Waals surface area (Å²) < 4.78 is 19.4. The lowest BCUT2D eigenvalue weighted by Gasteiger charge is -2.12. The Balaban J connectivity index is 1.41. The second-order valence-electron chi connectivity index (χ2n) is 6.54. The fourth-order valence-electron chi connectivity index (χ4n) is 3.17. The Labute approximate surface area is 180 Å². The predicted molar refractivity (Wildman–Crippen MR) is 121 cm³/mol. The molecular weight excluding hydrogens is 396 g/mol. The molecule has 0 saturated carbocycles. The van der Waals surface area contributed by atoms with Crippen molar-refractivity contribution in [1.29, 1.82) is 0 Å². The van der Waals surface area contributed by atoms with Crippen LogP contribution in [-0.4, -0.2) is 35.6 Å². The Morgan fingerprint density at radius 2 is 1.53 bits per heavy atom. The van der Waals surface area contributed by atoms with Crippen LogP contribution in [0.2, 0.25) is 0 Å². The van der Waals surface area contributed by atoms with Crippen LogP contribution in [0.4, 0.5) is 0 Å². The first kappa shape index (κ1) is 20.2. The van der Waals surface area contributed by atoms with Crippen molar-refractivity contribution in [2.24, 2.45) is 0 Å². The Morgan fingerprint density at radius 1 is 0.800 bits per heavy atom. The number of hydrogen-bond acceptors (Lipinski definition) is 5. The minimum absolute atomic E-state index is 0.523. The summed E-state index contributed by atoms with van der Waals surface area (Å²) in [5.74, 6) is 3.18. The van der Waals surface area contributed by atoms with Gasteiger partial charge in [0.05, 0.1) is 31.3 Å². The molecule has 0 aliphatic rings. The third kappa shape index (κ3) is 4.89. The molecule has 6 heteroatoms. The van der Waals surface area contributed by atoms with Crippen molar-refractivity contribution in [2.75, 3.05) is 26.1 Å². The summed E-state index contributed by atoms with van der Waals surface area (Å²) in [4.78, 5) is 4.81. The number of fused-ring (bicyclic) bond motifs is 1. The topological polar surface area (TPSA) is 45.5 Å². The van der Waals surface area contributed by atoms with Crippen molar-refractivity contribution in [2.45, 2.75) is 11.7 Å². The number of aromatic nitrogens is 2. The molecule has 0 unspecified atom stereocenters. The quantitative estimate of drug-likeness (QED) is 0.257. The van der Waals surface area contributed by atoms with Crippen molar-refractivity contribution in [3.8, 4) is 17.2 Å². The number of methoxy groups -OCH3 is 1. The Bertz CT molecular complexity index is 1080. The molecule has 3 aromatic carbocycles. The van der Waals surface area contributed by atoms with Gasteiger partial charge in [-0.2, -0.15) is 0 Å². The van der Waals surface area contributed by atoms with E-state index in [0.29, 0.717) is 19.8 Å². The van der Waals surface area contributed by atoms with Gasteiger partial charge in [-0.05, 0) is 36.4 Å². The van der Waals surface area contributed by atoms with Crippen LogP contribution < -0.4 is 14.2 Å². The van der Waals surface area contributed by atoms with Crippen molar-refractivity contribution in [3.05, 3.63) is 78.9 Å². The molecule has 0 aliphatic heterocycles. The van der Waals surface area contributed by atoms with E-state index in [4.69, 9.17) is 19.2 Å². The number of rotatable bonds is 10. The first-order valence-electron chi connectivity index (χ1n) is 9.87. The van der Waals surface area contributed by atoms with Gasteiger partial charge < -0.3 is 18.8 Å². The van der Waals surface area contributed by atoms with E-state index in [0.717, 1.165) is 39.2 Å². The lowest BCUT2D eigenvalue weighted by Crippen LogP contribution is -2.10. The van der Waals surface area contributed by atoms with Gasteiger partial charge in [0.25, 0.3) is 0 Å². The molecule has 0 spiro atoms. The zero-order valence-electron chi connectivity index (χ0n) is 16.9. The average Bonchev–Trinajstić information content (AvgIpc) is 3.15. The van der Waals surface area contributed by atoms with Gasteiger partial charge in [0.1, 0.15) is 12.4 Å². The first-order chi connectivity index (χ1) is 14.8. The van der Waals surface area contributed by atoms with Crippen LogP contribution in [0.3, 0.4) is 0 Å². The third-order valence-corrected chi connectivity index (χ3v) is 5.53. The van der Waals surface area contributed by atoms with E-state index in [1.807, 2.05) is 72.8 Å². The summed E-state index contributed by atoms with van der Waals surface area (Å²) in [6, 6.07) is 25.7. The largest absolute Gasteiger partial charge is 0.493 e. The number of thioether (sulfide) groups is 1. The highest BCUT2D eigenvalue weighted by Gasteiger charge is 2.12. The number of ether oxygens (including phenoxy) is 3. The van der Waals surface area contributed by atoms with Crippen molar-refractivity contribution in [1.82, 2.24) is 9.55 Å². The fourth-order valence-corrected chi connectivity index (χ4v) is 4.03. The standard InChI is InChI=1S/C24H24N2O3S/c1-27-22-13-7-8-14-23(22)29-16-15-26-21-12-6-5-11-20(21)25-24(26)30-18-17-28-19-9-3-2-4-10-19/h2-14H,15-18H2,1H3. The summed E-state index contributed by atoms with van der Waals surface area (Å²) in [6.45, 7) is 1.84. The second kappa shape index (κ2) is 10.1. The highest BCUT2D eigenvalue weighted by atomic mass is 32.2. The van der Waals surface area contributed by atoms with Crippen LogP contribution in [-0.2, 0) is 6.54 Å². The molecule has 0 bridgehead atoms. The van der Waals surface area contributed by atoms with Gasteiger partial charge in [-0.25, -0.2) is 4.98 Å². The monoisotopic (exact) mass is 420 g/mol. The Kier molecular flexibility index (Phi) is 6.77. The summed E-state index contributed by atoms with van der Waals surface area (Å²) in [7, 11) is 1.65. The van der Waals surface area contributed by atoms with Crippen molar-refractivity contribution in [3.63, 3.8) is 0 Å². The van der Waals surface area contributed by atoms with Crippen molar-refractivity contribution >= 4 is 22.8 Å². The average molecular weight is 421 g/mol. The highest BCUT2D eigenvalue weighted by Crippen LogP contribution is 2.27. The molecule has 4 aromatic rings. The van der Waals surface area contributed by atoms with Crippen LogP contribution in [0.5, 0.6) is 17.2 Å². The van der Waals surface area contributed by atoms with Gasteiger partial charge >= 0.3 is 0 Å². The number of nitrogens with zero attached hydrogens (tertiary/aromatic N) is 2. The molecule has 30 heavy (non-hydrogen) atoms. The van der Waals surface area contributed by atoms with Crippen LogP contribution in [0.25, 0.3) is 11.0 Å². The molecule has 1 heterocycles. The van der Waals surface area contributed by atoms with Gasteiger partial charge in [-0.3, -0.25) is 0 Å². The smallest absolute Gasteiger partial charge is 0.169 e. The summed E-state index contributed by atoms with van der Waals surface area (Å²) in [5, 5.41) is 0.969. The first-order valence-corrected chi connectivity index (χ1v) is 10.9. The lowest BCUT2D eigenvalue weighted by molar-refractivity contribution is 0.277. The van der Waals surface area contributed by atoms with Gasteiger partial charge in [-0.15, -0.1) is 0 Å². The molecular formula is C24H24N2O3S. The molecule has 0 fully saturated rings. The Morgan fingerprint density at radius 3 is 2.37 bits per heavy atom. The third-order valence-electron chi connectivity index (χ3n) is 4.59. The van der Waals surface area contributed by atoms with Gasteiger partial charge in [0.2, 0.25) is 0 Å². The number of hydrogen-bond donors (Lipinski definition) is 0. The van der Waals surface area contributed by atoms with Crippen LogP contribution in [0.15, 0.2) is 84.0 Å². The summed E-state index contributed by atoms with van der Waals surface area (Å²) in [6.07, 6.45) is 0. The molecule has 0 amide bonds. The van der Waals surface area contributed by atoms with E-state index in [-0.39, 0.29) is 0 Å². The van der Waals surface area contributed by atoms with Crippen LogP contribution >= 0.6 is 11.8 Å². The molecule has 4 rings (SSSR count). The predicted octanol–water partition coefficient (Wildman–Crippen LogP) is 5.30. The van der Waals surface area contributed by atoms with Gasteiger partial charge in [0.15, 0.2) is 16.7 Å². The summed E-state index contributed by atoms with van der Waals surface area (Å²) >= 11 is 1.69. The van der Waals surface area contributed by atoms with E-state index < -0.39 is 0 Å². The molecule has 0 atom stereocenters. The zero-order chi connectivity index (χ0) is 20.6. The van der Waals surface area contributed by atoms with E-state index in [1.54, 1.807) is 18.9 Å². The lowest BCUT2D eigenvalue weighted by atomic mass is 10.3. The number of para-hydroxylation sites is 5. The number of benzene rings is 3. The van der Waals surface area contributed by atoms with E-state index >= 15 is 0 Å². The van der Waals surface area contributed by atoms with E-state index in [2.05, 4.69) is 10.6 Å². The molecule has 0 radical (unpaired) electrons.